The van der Waals surface area contributed by atoms with Crippen LogP contribution in [-0.2, 0) is 0 Å². The lowest BCUT2D eigenvalue weighted by molar-refractivity contribution is 0.0698. The van der Waals surface area contributed by atoms with Crippen molar-refractivity contribution in [1.82, 2.24) is 0 Å². The summed E-state index contributed by atoms with van der Waals surface area (Å²) >= 11 is 11.6. The maximum Gasteiger partial charge on any atom is 0.337 e. The number of benzene rings is 2. The number of hydrogen-bond acceptors (Lipinski definition) is 2. The number of aromatic carboxylic acids is 1. The minimum atomic E-state index is -1.12. The number of nitrogens with one attached hydrogen (secondary N) is 1. The Bertz CT molecular complexity index is 647. The van der Waals surface area contributed by atoms with Crippen molar-refractivity contribution >= 4 is 40.5 Å². The van der Waals surface area contributed by atoms with Crippen molar-refractivity contribution in [2.75, 3.05) is 5.32 Å². The van der Waals surface area contributed by atoms with Crippen LogP contribution in [-0.4, -0.2) is 11.1 Å². The van der Waals surface area contributed by atoms with Gasteiger partial charge in [-0.2, -0.15) is 0 Å². The monoisotopic (exact) mass is 299 g/mol. The SMILES string of the molecule is O=C(O)c1cc(Cl)ccc1Nc1ccc(F)cc1Cl. The number of carbonyl (C=O) groups is 1. The van der Waals surface area contributed by atoms with Crippen LogP contribution in [0, 0.1) is 5.82 Å². The highest BCUT2D eigenvalue weighted by Crippen LogP contribution is 2.29. The quantitative estimate of drug-likeness (QED) is 0.872. The highest BCUT2D eigenvalue weighted by Gasteiger charge is 2.12. The first-order valence-corrected chi connectivity index (χ1v) is 5.98. The molecule has 0 radical (unpaired) electrons. The molecule has 2 aromatic carbocycles. The van der Waals surface area contributed by atoms with Crippen LogP contribution in [0.4, 0.5) is 15.8 Å². The Balaban J connectivity index is 2.40. The van der Waals surface area contributed by atoms with Gasteiger partial charge >= 0.3 is 5.97 Å². The van der Waals surface area contributed by atoms with Gasteiger partial charge in [0, 0.05) is 5.02 Å². The van der Waals surface area contributed by atoms with E-state index in [1.807, 2.05) is 0 Å². The summed E-state index contributed by atoms with van der Waals surface area (Å²) in [6, 6.07) is 8.19. The van der Waals surface area contributed by atoms with Gasteiger partial charge in [-0.15, -0.1) is 0 Å². The van der Waals surface area contributed by atoms with Gasteiger partial charge in [-0.1, -0.05) is 23.2 Å². The lowest BCUT2D eigenvalue weighted by Gasteiger charge is -2.11. The lowest BCUT2D eigenvalue weighted by Crippen LogP contribution is -2.03. The van der Waals surface area contributed by atoms with Crippen LogP contribution in [0.5, 0.6) is 0 Å². The maximum atomic E-state index is 12.9. The van der Waals surface area contributed by atoms with Crippen LogP contribution in [0.15, 0.2) is 36.4 Å². The zero-order valence-corrected chi connectivity index (χ0v) is 11.0. The molecule has 0 fully saturated rings. The van der Waals surface area contributed by atoms with Crippen molar-refractivity contribution in [3.05, 3.63) is 57.8 Å². The Morgan fingerprint density at radius 3 is 2.42 bits per heavy atom. The Hall–Kier alpha value is -1.78. The summed E-state index contributed by atoms with van der Waals surface area (Å²) in [5.74, 6) is -1.59. The number of hydrogen-bond donors (Lipinski definition) is 2. The molecule has 0 aliphatic rings. The van der Waals surface area contributed by atoms with E-state index >= 15 is 0 Å². The predicted molar refractivity (Wildman–Crippen MR) is 73.1 cm³/mol. The van der Waals surface area contributed by atoms with Gasteiger partial charge in [-0.25, -0.2) is 9.18 Å². The fourth-order valence-electron chi connectivity index (χ4n) is 1.54. The highest BCUT2D eigenvalue weighted by molar-refractivity contribution is 6.33. The van der Waals surface area contributed by atoms with Gasteiger partial charge in [0.1, 0.15) is 5.82 Å². The molecular weight excluding hydrogens is 292 g/mol. The molecule has 0 unspecified atom stereocenters. The van der Waals surface area contributed by atoms with Crippen LogP contribution < -0.4 is 5.32 Å². The number of carboxylic acid groups (broad SMARTS) is 1. The molecule has 2 aromatic rings. The van der Waals surface area contributed by atoms with Crippen LogP contribution in [0.2, 0.25) is 10.0 Å². The number of carboxylic acids is 1. The van der Waals surface area contributed by atoms with Gasteiger partial charge in [0.2, 0.25) is 0 Å². The highest BCUT2D eigenvalue weighted by atomic mass is 35.5. The molecule has 0 bridgehead atoms. The average Bonchev–Trinajstić information content (AvgIpc) is 2.34. The molecule has 0 saturated heterocycles. The molecule has 2 rings (SSSR count). The third-order valence-corrected chi connectivity index (χ3v) is 2.96. The van der Waals surface area contributed by atoms with E-state index < -0.39 is 11.8 Å². The van der Waals surface area contributed by atoms with E-state index in [1.165, 1.54) is 24.3 Å². The first kappa shape index (κ1) is 13.6. The summed E-state index contributed by atoms with van der Waals surface area (Å²) in [5.41, 5.74) is 0.742. The van der Waals surface area contributed by atoms with Gasteiger partial charge in [0.05, 0.1) is 22.0 Å². The Labute approximate surface area is 118 Å². The molecule has 0 aliphatic heterocycles. The standard InChI is InChI=1S/C13H8Cl2FNO2/c14-7-1-3-11(9(5-7)13(18)19)17-12-4-2-8(16)6-10(12)15/h1-6,17H,(H,18,19). The minimum absolute atomic E-state index is 0.00731. The van der Waals surface area contributed by atoms with Crippen LogP contribution in [0.3, 0.4) is 0 Å². The van der Waals surface area contributed by atoms with Crippen molar-refractivity contribution in [2.24, 2.45) is 0 Å². The van der Waals surface area contributed by atoms with Crippen LogP contribution >= 0.6 is 23.2 Å². The lowest BCUT2D eigenvalue weighted by atomic mass is 10.1. The van der Waals surface area contributed by atoms with Gasteiger partial charge in [0.25, 0.3) is 0 Å². The Morgan fingerprint density at radius 2 is 1.79 bits per heavy atom. The second-order valence-electron chi connectivity index (χ2n) is 3.74. The summed E-state index contributed by atoms with van der Waals surface area (Å²) in [7, 11) is 0. The van der Waals surface area contributed by atoms with Gasteiger partial charge in [-0.05, 0) is 36.4 Å². The largest absolute Gasteiger partial charge is 0.478 e. The van der Waals surface area contributed by atoms with E-state index in [0.717, 1.165) is 6.07 Å². The van der Waals surface area contributed by atoms with E-state index in [-0.39, 0.29) is 10.6 Å². The molecule has 19 heavy (non-hydrogen) atoms. The van der Waals surface area contributed by atoms with Crippen molar-refractivity contribution in [3.63, 3.8) is 0 Å². The smallest absolute Gasteiger partial charge is 0.337 e. The van der Waals surface area contributed by atoms with Crippen molar-refractivity contribution in [2.45, 2.75) is 0 Å². The number of halogens is 3. The molecular formula is C13H8Cl2FNO2. The fourth-order valence-corrected chi connectivity index (χ4v) is 1.92. The van der Waals surface area contributed by atoms with Crippen LogP contribution in [0.25, 0.3) is 0 Å². The third kappa shape index (κ3) is 3.16. The molecule has 0 saturated carbocycles. The second kappa shape index (κ2) is 5.47. The first-order valence-electron chi connectivity index (χ1n) is 5.22. The summed E-state index contributed by atoms with van der Waals surface area (Å²) in [5, 5.41) is 12.4. The van der Waals surface area contributed by atoms with Crippen molar-refractivity contribution in [3.8, 4) is 0 Å². The zero-order valence-electron chi connectivity index (χ0n) is 9.45. The minimum Gasteiger partial charge on any atom is -0.478 e. The van der Waals surface area contributed by atoms with Gasteiger partial charge in [-0.3, -0.25) is 0 Å². The summed E-state index contributed by atoms with van der Waals surface area (Å²) in [4.78, 5) is 11.1. The normalized spacial score (nSPS) is 10.3. The molecule has 0 heterocycles. The van der Waals surface area contributed by atoms with Gasteiger partial charge in [0.15, 0.2) is 0 Å². The molecule has 3 nitrogen and oxygen atoms in total. The van der Waals surface area contributed by atoms with E-state index in [2.05, 4.69) is 5.32 Å². The van der Waals surface area contributed by atoms with Crippen molar-refractivity contribution in [1.29, 1.82) is 0 Å². The first-order chi connectivity index (χ1) is 8.97. The molecule has 0 aliphatic carbocycles. The molecule has 2 N–H and O–H groups in total. The molecule has 98 valence electrons. The zero-order chi connectivity index (χ0) is 14.0. The molecule has 0 aromatic heterocycles. The van der Waals surface area contributed by atoms with Gasteiger partial charge < -0.3 is 10.4 Å². The van der Waals surface area contributed by atoms with E-state index in [9.17, 15) is 9.18 Å². The second-order valence-corrected chi connectivity index (χ2v) is 4.59. The molecule has 0 atom stereocenters. The van der Waals surface area contributed by atoms with Crippen LogP contribution in [0.1, 0.15) is 10.4 Å². The summed E-state index contributed by atoms with van der Waals surface area (Å²) < 4.78 is 12.9. The number of rotatable bonds is 3. The third-order valence-electron chi connectivity index (χ3n) is 2.41. The van der Waals surface area contributed by atoms with E-state index in [0.29, 0.717) is 16.4 Å². The Kier molecular flexibility index (Phi) is 3.93. The molecule has 6 heteroatoms. The molecule has 0 amide bonds. The fraction of sp³-hybridized carbons (Fsp3) is 0. The van der Waals surface area contributed by atoms with E-state index in [1.54, 1.807) is 6.07 Å². The average molecular weight is 300 g/mol. The predicted octanol–water partition coefficient (Wildman–Crippen LogP) is 4.57. The van der Waals surface area contributed by atoms with Crippen molar-refractivity contribution < 1.29 is 14.3 Å². The molecule has 0 spiro atoms. The number of anilines is 2. The maximum absolute atomic E-state index is 12.9. The summed E-state index contributed by atoms with van der Waals surface area (Å²) in [6.07, 6.45) is 0. The van der Waals surface area contributed by atoms with E-state index in [4.69, 9.17) is 28.3 Å². The topological polar surface area (TPSA) is 49.3 Å². The summed E-state index contributed by atoms with van der Waals surface area (Å²) in [6.45, 7) is 0. The Morgan fingerprint density at radius 1 is 1.11 bits per heavy atom.